The fraction of sp³-hybridized carbons (Fsp3) is 0.0588. The molecule has 1 heterocycles. The minimum absolute atomic E-state index is 0.250. The summed E-state index contributed by atoms with van der Waals surface area (Å²) in [6, 6.07) is 12.0. The van der Waals surface area contributed by atoms with E-state index in [2.05, 4.69) is 0 Å². The standard InChI is InChI=1S/C17H11Cl2NO2/c1-10-13(9-21)12-4-2-3-5-16(12)20(10)17(22)11-6-7-14(18)15(19)8-11/h2-9H,1H3. The van der Waals surface area contributed by atoms with Gasteiger partial charge in [-0.25, -0.2) is 0 Å². The van der Waals surface area contributed by atoms with Crippen molar-refractivity contribution in [2.45, 2.75) is 6.92 Å². The Kier molecular flexibility index (Phi) is 3.77. The molecule has 1 aromatic heterocycles. The molecule has 3 nitrogen and oxygen atoms in total. The molecule has 0 atom stereocenters. The molecule has 3 rings (SSSR count). The van der Waals surface area contributed by atoms with Crippen molar-refractivity contribution in [3.8, 4) is 0 Å². The summed E-state index contributed by atoms with van der Waals surface area (Å²) >= 11 is 11.9. The molecule has 0 fully saturated rings. The van der Waals surface area contributed by atoms with Crippen LogP contribution in [0.1, 0.15) is 26.4 Å². The SMILES string of the molecule is Cc1c(C=O)c2ccccc2n1C(=O)c1ccc(Cl)c(Cl)c1. The number of hydrogen-bond donors (Lipinski definition) is 0. The molecule has 0 saturated carbocycles. The number of halogens is 2. The second kappa shape index (κ2) is 5.59. The van der Waals surface area contributed by atoms with Crippen LogP contribution in [0.2, 0.25) is 10.0 Å². The zero-order valence-corrected chi connectivity index (χ0v) is 13.2. The Bertz CT molecular complexity index is 912. The van der Waals surface area contributed by atoms with E-state index >= 15 is 0 Å². The Morgan fingerprint density at radius 3 is 2.50 bits per heavy atom. The van der Waals surface area contributed by atoms with Gasteiger partial charge >= 0.3 is 0 Å². The van der Waals surface area contributed by atoms with Crippen molar-refractivity contribution < 1.29 is 9.59 Å². The van der Waals surface area contributed by atoms with Crippen molar-refractivity contribution in [1.29, 1.82) is 0 Å². The molecule has 0 spiro atoms. The molecule has 0 unspecified atom stereocenters. The number of aldehydes is 1. The third-order valence-electron chi connectivity index (χ3n) is 3.65. The minimum Gasteiger partial charge on any atom is -0.298 e. The van der Waals surface area contributed by atoms with Gasteiger partial charge in [-0.05, 0) is 31.2 Å². The molecule has 2 aromatic carbocycles. The maximum absolute atomic E-state index is 12.8. The second-order valence-electron chi connectivity index (χ2n) is 4.90. The highest BCUT2D eigenvalue weighted by atomic mass is 35.5. The monoisotopic (exact) mass is 331 g/mol. The van der Waals surface area contributed by atoms with Gasteiger partial charge in [-0.3, -0.25) is 14.2 Å². The third-order valence-corrected chi connectivity index (χ3v) is 4.39. The molecule has 0 radical (unpaired) electrons. The van der Waals surface area contributed by atoms with Gasteiger partial charge in [-0.2, -0.15) is 0 Å². The van der Waals surface area contributed by atoms with Crippen LogP contribution < -0.4 is 0 Å². The molecule has 110 valence electrons. The summed E-state index contributed by atoms with van der Waals surface area (Å²) in [4.78, 5) is 24.2. The molecule has 0 saturated heterocycles. The van der Waals surface area contributed by atoms with Crippen molar-refractivity contribution in [2.24, 2.45) is 0 Å². The minimum atomic E-state index is -0.250. The summed E-state index contributed by atoms with van der Waals surface area (Å²) in [6.07, 6.45) is 0.774. The van der Waals surface area contributed by atoms with Crippen LogP contribution in [0.5, 0.6) is 0 Å². The predicted molar refractivity (Wildman–Crippen MR) is 88.3 cm³/mol. The quantitative estimate of drug-likeness (QED) is 0.635. The molecule has 0 aliphatic rings. The van der Waals surface area contributed by atoms with E-state index < -0.39 is 0 Å². The van der Waals surface area contributed by atoms with E-state index in [0.29, 0.717) is 32.4 Å². The number of para-hydroxylation sites is 1. The summed E-state index contributed by atoms with van der Waals surface area (Å²) in [5.74, 6) is -0.250. The van der Waals surface area contributed by atoms with E-state index in [1.165, 1.54) is 10.6 Å². The number of carbonyl (C=O) groups is 2. The van der Waals surface area contributed by atoms with E-state index in [9.17, 15) is 9.59 Å². The van der Waals surface area contributed by atoms with Crippen LogP contribution in [0.4, 0.5) is 0 Å². The maximum atomic E-state index is 12.8. The molecule has 0 aliphatic carbocycles. The van der Waals surface area contributed by atoms with Crippen molar-refractivity contribution in [2.75, 3.05) is 0 Å². The molecule has 0 bridgehead atoms. The van der Waals surface area contributed by atoms with Crippen molar-refractivity contribution in [3.63, 3.8) is 0 Å². The van der Waals surface area contributed by atoms with Gasteiger partial charge in [0.2, 0.25) is 0 Å². The number of hydrogen-bond acceptors (Lipinski definition) is 2. The molecule has 3 aromatic rings. The van der Waals surface area contributed by atoms with Crippen LogP contribution >= 0.6 is 23.2 Å². The lowest BCUT2D eigenvalue weighted by Gasteiger charge is -2.08. The smallest absolute Gasteiger partial charge is 0.262 e. The van der Waals surface area contributed by atoms with E-state index in [1.54, 1.807) is 19.1 Å². The van der Waals surface area contributed by atoms with Gasteiger partial charge < -0.3 is 0 Å². The van der Waals surface area contributed by atoms with Crippen LogP contribution in [-0.2, 0) is 0 Å². The van der Waals surface area contributed by atoms with Crippen LogP contribution in [0.3, 0.4) is 0 Å². The first-order chi connectivity index (χ1) is 10.5. The van der Waals surface area contributed by atoms with Gasteiger partial charge in [0.15, 0.2) is 6.29 Å². The zero-order valence-electron chi connectivity index (χ0n) is 11.6. The lowest BCUT2D eigenvalue weighted by atomic mass is 10.1. The summed E-state index contributed by atoms with van der Waals surface area (Å²) in [6.45, 7) is 1.75. The second-order valence-corrected chi connectivity index (χ2v) is 5.72. The van der Waals surface area contributed by atoms with Crippen LogP contribution in [-0.4, -0.2) is 16.8 Å². The molecule has 22 heavy (non-hydrogen) atoms. The van der Waals surface area contributed by atoms with Gasteiger partial charge in [0.1, 0.15) is 0 Å². The highest BCUT2D eigenvalue weighted by Gasteiger charge is 2.19. The number of fused-ring (bicyclic) bond motifs is 1. The first-order valence-corrected chi connectivity index (χ1v) is 7.35. The van der Waals surface area contributed by atoms with E-state index in [4.69, 9.17) is 23.2 Å². The topological polar surface area (TPSA) is 39.1 Å². The van der Waals surface area contributed by atoms with Crippen molar-refractivity contribution in [3.05, 3.63) is 69.3 Å². The van der Waals surface area contributed by atoms with E-state index in [-0.39, 0.29) is 5.91 Å². The Balaban J connectivity index is 2.25. The average Bonchev–Trinajstić information content (AvgIpc) is 2.80. The maximum Gasteiger partial charge on any atom is 0.262 e. The Hall–Kier alpha value is -2.10. The van der Waals surface area contributed by atoms with Gasteiger partial charge in [0.25, 0.3) is 5.91 Å². The summed E-state index contributed by atoms with van der Waals surface area (Å²) in [7, 11) is 0. The lowest BCUT2D eigenvalue weighted by Crippen LogP contribution is -2.13. The number of carbonyl (C=O) groups excluding carboxylic acids is 2. The lowest BCUT2D eigenvalue weighted by molar-refractivity contribution is 0.0963. The highest BCUT2D eigenvalue weighted by Crippen LogP contribution is 2.27. The predicted octanol–water partition coefficient (Wildman–Crippen LogP) is 4.76. The van der Waals surface area contributed by atoms with Crippen molar-refractivity contribution >= 4 is 46.3 Å². The zero-order chi connectivity index (χ0) is 15.9. The average molecular weight is 332 g/mol. The van der Waals surface area contributed by atoms with E-state index in [0.717, 1.165) is 11.7 Å². The first-order valence-electron chi connectivity index (χ1n) is 6.59. The van der Waals surface area contributed by atoms with Crippen molar-refractivity contribution in [1.82, 2.24) is 4.57 Å². The number of aromatic nitrogens is 1. The van der Waals surface area contributed by atoms with Crippen LogP contribution in [0.15, 0.2) is 42.5 Å². The number of nitrogens with zero attached hydrogens (tertiary/aromatic N) is 1. The third kappa shape index (κ3) is 2.23. The largest absolute Gasteiger partial charge is 0.298 e. The normalized spacial score (nSPS) is 10.9. The Labute approximate surface area is 137 Å². The molecular weight excluding hydrogens is 321 g/mol. The van der Waals surface area contributed by atoms with E-state index in [1.807, 2.05) is 24.3 Å². The van der Waals surface area contributed by atoms with Crippen LogP contribution in [0, 0.1) is 6.92 Å². The first kappa shape index (κ1) is 14.8. The Morgan fingerprint density at radius 2 is 1.82 bits per heavy atom. The van der Waals surface area contributed by atoms with Crippen LogP contribution in [0.25, 0.3) is 10.9 Å². The molecule has 0 amide bonds. The highest BCUT2D eigenvalue weighted by molar-refractivity contribution is 6.42. The fourth-order valence-corrected chi connectivity index (χ4v) is 2.86. The fourth-order valence-electron chi connectivity index (χ4n) is 2.56. The Morgan fingerprint density at radius 1 is 1.09 bits per heavy atom. The van der Waals surface area contributed by atoms with Gasteiger partial charge in [0.05, 0.1) is 15.6 Å². The number of benzene rings is 2. The number of rotatable bonds is 2. The van der Waals surface area contributed by atoms with Gasteiger partial charge in [-0.1, -0.05) is 41.4 Å². The summed E-state index contributed by atoms with van der Waals surface area (Å²) in [5.41, 5.74) is 2.23. The molecule has 5 heteroatoms. The summed E-state index contributed by atoms with van der Waals surface area (Å²) < 4.78 is 1.53. The van der Waals surface area contributed by atoms with Gasteiger partial charge in [0, 0.05) is 22.2 Å². The molecule has 0 N–H and O–H groups in total. The van der Waals surface area contributed by atoms with Gasteiger partial charge in [-0.15, -0.1) is 0 Å². The summed E-state index contributed by atoms with van der Waals surface area (Å²) in [5, 5.41) is 1.46. The molecular formula is C17H11Cl2NO2. The molecule has 0 aliphatic heterocycles.